The highest BCUT2D eigenvalue weighted by Crippen LogP contribution is 2.55. The Hall–Kier alpha value is -2.73. The molecule has 1 saturated heterocycles. The lowest BCUT2D eigenvalue weighted by molar-refractivity contribution is -0.118. The molecule has 5 rings (SSSR count). The van der Waals surface area contributed by atoms with Crippen LogP contribution in [0.1, 0.15) is 27.9 Å². The molecule has 1 N–H and O–H groups in total. The highest BCUT2D eigenvalue weighted by molar-refractivity contribution is 6.26. The van der Waals surface area contributed by atoms with Gasteiger partial charge in [-0.1, -0.05) is 22.9 Å². The van der Waals surface area contributed by atoms with E-state index >= 15 is 0 Å². The maximum Gasteiger partial charge on any atom is 0.173 e. The third kappa shape index (κ3) is 2.13. The predicted molar refractivity (Wildman–Crippen MR) is 99.8 cm³/mol. The maximum atomic E-state index is 13.3. The second-order valence-electron chi connectivity index (χ2n) is 7.87. The summed E-state index contributed by atoms with van der Waals surface area (Å²) in [5.74, 6) is -0.568. The van der Waals surface area contributed by atoms with Crippen molar-refractivity contribution >= 4 is 16.9 Å². The number of ether oxygens (including phenoxy) is 1. The van der Waals surface area contributed by atoms with Crippen LogP contribution in [-0.2, 0) is 16.6 Å². The van der Waals surface area contributed by atoms with E-state index in [4.69, 9.17) is 4.74 Å². The van der Waals surface area contributed by atoms with Crippen LogP contribution in [0, 0.1) is 32.6 Å². The lowest BCUT2D eigenvalue weighted by Crippen LogP contribution is -2.28. The van der Waals surface area contributed by atoms with Gasteiger partial charge in [-0.25, -0.2) is 0 Å². The minimum Gasteiger partial charge on any atom is -0.511 e. The van der Waals surface area contributed by atoms with E-state index in [1.807, 2.05) is 40.1 Å². The van der Waals surface area contributed by atoms with E-state index in [0.717, 1.165) is 33.5 Å². The summed E-state index contributed by atoms with van der Waals surface area (Å²) in [6.45, 7) is 6.02. The molecule has 6 nitrogen and oxygen atoms in total. The number of fused-ring (bicyclic) bond motifs is 5. The largest absolute Gasteiger partial charge is 0.511 e. The number of benzene rings is 1. The van der Waals surface area contributed by atoms with Crippen molar-refractivity contribution in [2.45, 2.75) is 33.0 Å². The summed E-state index contributed by atoms with van der Waals surface area (Å²) in [4.78, 5) is 13.3. The van der Waals surface area contributed by atoms with Gasteiger partial charge in [0.25, 0.3) is 0 Å². The van der Waals surface area contributed by atoms with Gasteiger partial charge in [0.05, 0.1) is 35.8 Å². The Morgan fingerprint density at radius 2 is 1.85 bits per heavy atom. The van der Waals surface area contributed by atoms with Gasteiger partial charge in [0.2, 0.25) is 0 Å². The van der Waals surface area contributed by atoms with E-state index in [0.29, 0.717) is 5.57 Å². The molecule has 2 aromatic rings. The van der Waals surface area contributed by atoms with E-state index in [1.165, 1.54) is 0 Å². The Kier molecular flexibility index (Phi) is 3.28. The minimum atomic E-state index is -0.357. The number of allylic oxidation sites excluding steroid dienone is 1. The highest BCUT2D eigenvalue weighted by Gasteiger charge is 2.60. The molecule has 6 heteroatoms. The molecule has 27 heavy (non-hydrogen) atoms. The first-order valence-corrected chi connectivity index (χ1v) is 9.16. The van der Waals surface area contributed by atoms with Gasteiger partial charge in [-0.3, -0.25) is 9.48 Å². The number of rotatable bonds is 2. The molecule has 2 bridgehead atoms. The summed E-state index contributed by atoms with van der Waals surface area (Å²) in [6, 6.07) is 4.11. The van der Waals surface area contributed by atoms with E-state index < -0.39 is 0 Å². The molecule has 2 aliphatic heterocycles. The van der Waals surface area contributed by atoms with Crippen molar-refractivity contribution in [1.29, 1.82) is 0 Å². The number of aromatic nitrogens is 3. The molecule has 138 valence electrons. The number of aryl methyl sites for hydroxylation is 4. The molecule has 0 amide bonds. The van der Waals surface area contributed by atoms with Gasteiger partial charge in [0.15, 0.2) is 5.78 Å². The van der Waals surface area contributed by atoms with Crippen LogP contribution in [0.25, 0.3) is 11.1 Å². The van der Waals surface area contributed by atoms with Crippen molar-refractivity contribution in [2.24, 2.45) is 18.9 Å². The van der Waals surface area contributed by atoms with Crippen LogP contribution in [0.15, 0.2) is 30.2 Å². The fourth-order valence-electron chi connectivity index (χ4n) is 5.03. The summed E-state index contributed by atoms with van der Waals surface area (Å²) >= 11 is 0. The maximum absolute atomic E-state index is 13.3. The van der Waals surface area contributed by atoms with E-state index in [2.05, 4.69) is 22.4 Å². The summed E-state index contributed by atoms with van der Waals surface area (Å²) in [5.41, 5.74) is 6.14. The smallest absolute Gasteiger partial charge is 0.173 e. The first kappa shape index (κ1) is 16.4. The molecule has 4 atom stereocenters. The van der Waals surface area contributed by atoms with Crippen molar-refractivity contribution in [2.75, 3.05) is 0 Å². The zero-order valence-corrected chi connectivity index (χ0v) is 15.7. The zero-order chi connectivity index (χ0) is 19.0. The number of carbonyl (C=O) groups excluding carboxylic acids is 1. The monoisotopic (exact) mass is 363 g/mol. The SMILES string of the molecule is Cc1cc(C)c(C2=C(O)[C@@H]3C4O[C@@H](C=C4c4cn(C)nn4)[C@@H]3C2=O)c(C)c1. The Balaban J connectivity index is 1.61. The van der Waals surface area contributed by atoms with Crippen molar-refractivity contribution in [3.05, 3.63) is 58.1 Å². The topological polar surface area (TPSA) is 77.2 Å². The van der Waals surface area contributed by atoms with Crippen LogP contribution < -0.4 is 0 Å². The van der Waals surface area contributed by atoms with Gasteiger partial charge >= 0.3 is 0 Å². The van der Waals surface area contributed by atoms with Gasteiger partial charge in [0, 0.05) is 12.6 Å². The Labute approximate surface area is 157 Å². The van der Waals surface area contributed by atoms with Gasteiger partial charge in [-0.05, 0) is 43.5 Å². The number of nitrogens with zero attached hydrogens (tertiary/aromatic N) is 3. The van der Waals surface area contributed by atoms with Gasteiger partial charge in [-0.2, -0.15) is 0 Å². The molecular formula is C21H21N3O3. The Morgan fingerprint density at radius 3 is 2.48 bits per heavy atom. The Bertz CT molecular complexity index is 1040. The highest BCUT2D eigenvalue weighted by atomic mass is 16.5. The number of aliphatic hydroxyl groups is 1. The number of aliphatic hydroxyl groups excluding tert-OH is 1. The van der Waals surface area contributed by atoms with Crippen molar-refractivity contribution < 1.29 is 14.6 Å². The molecule has 3 heterocycles. The molecule has 1 fully saturated rings. The van der Waals surface area contributed by atoms with E-state index in [-0.39, 0.29) is 35.6 Å². The number of Topliss-reactive ketones (excluding diaryl/α,β-unsaturated/α-hetero) is 1. The number of hydrogen-bond donors (Lipinski definition) is 1. The van der Waals surface area contributed by atoms with Crippen molar-refractivity contribution in [3.63, 3.8) is 0 Å². The summed E-state index contributed by atoms with van der Waals surface area (Å²) in [7, 11) is 1.81. The third-order valence-electron chi connectivity index (χ3n) is 5.97. The molecule has 1 aromatic heterocycles. The minimum absolute atomic E-state index is 0.0190. The predicted octanol–water partition coefficient (Wildman–Crippen LogP) is 2.69. The number of carbonyl (C=O) groups is 1. The third-order valence-corrected chi connectivity index (χ3v) is 5.97. The van der Waals surface area contributed by atoms with Crippen LogP contribution in [0.2, 0.25) is 0 Å². The summed E-state index contributed by atoms with van der Waals surface area (Å²) < 4.78 is 7.67. The van der Waals surface area contributed by atoms with Crippen LogP contribution >= 0.6 is 0 Å². The molecule has 0 spiro atoms. The van der Waals surface area contributed by atoms with Gasteiger partial charge in [0.1, 0.15) is 11.5 Å². The molecule has 1 aromatic carbocycles. The first-order valence-electron chi connectivity index (χ1n) is 9.16. The van der Waals surface area contributed by atoms with Crippen molar-refractivity contribution in [1.82, 2.24) is 15.0 Å². The summed E-state index contributed by atoms with van der Waals surface area (Å²) in [5, 5.41) is 19.3. The second-order valence-corrected chi connectivity index (χ2v) is 7.87. The molecule has 0 radical (unpaired) electrons. The van der Waals surface area contributed by atoms with E-state index in [9.17, 15) is 9.90 Å². The van der Waals surface area contributed by atoms with E-state index in [1.54, 1.807) is 4.68 Å². The number of ketones is 1. The lowest BCUT2D eigenvalue weighted by atomic mass is 9.79. The van der Waals surface area contributed by atoms with Crippen LogP contribution in [0.3, 0.4) is 0 Å². The first-order chi connectivity index (χ1) is 12.9. The average Bonchev–Trinajstić information content (AvgIpc) is 3.33. The standard InChI is InChI=1S/C21H21N3O3/c1-9-5-10(2)15(11(3)6-9)17-19(25)16-14-7-12(13-8-24(4)23-22-13)21(27-14)18(16)20(17)26/h5-8,14,16,18,21,26H,1-4H3/t14-,16-,18+,21?/m0/s1. The Morgan fingerprint density at radius 1 is 1.15 bits per heavy atom. The van der Waals surface area contributed by atoms with Gasteiger partial charge < -0.3 is 9.84 Å². The quantitative estimate of drug-likeness (QED) is 0.888. The fourth-order valence-corrected chi connectivity index (χ4v) is 5.03. The zero-order valence-electron chi connectivity index (χ0n) is 15.7. The molecule has 1 unspecified atom stereocenters. The summed E-state index contributed by atoms with van der Waals surface area (Å²) in [6.07, 6.45) is 3.12. The second kappa shape index (κ2) is 5.39. The molecular weight excluding hydrogens is 342 g/mol. The lowest BCUT2D eigenvalue weighted by Gasteiger charge is -2.20. The molecule has 0 saturated carbocycles. The van der Waals surface area contributed by atoms with Crippen LogP contribution in [0.5, 0.6) is 0 Å². The normalized spacial score (nSPS) is 28.9. The molecule has 3 aliphatic rings. The van der Waals surface area contributed by atoms with Crippen LogP contribution in [0.4, 0.5) is 0 Å². The fraction of sp³-hybridized carbons (Fsp3) is 0.381. The van der Waals surface area contributed by atoms with Gasteiger partial charge in [-0.15, -0.1) is 5.10 Å². The van der Waals surface area contributed by atoms with Crippen LogP contribution in [-0.4, -0.2) is 38.1 Å². The number of hydrogen-bond acceptors (Lipinski definition) is 5. The van der Waals surface area contributed by atoms with Crippen molar-refractivity contribution in [3.8, 4) is 0 Å². The molecule has 1 aliphatic carbocycles. The average molecular weight is 363 g/mol.